The summed E-state index contributed by atoms with van der Waals surface area (Å²) in [6.45, 7) is 1.84. The van der Waals surface area contributed by atoms with Gasteiger partial charge in [0.2, 0.25) is 0 Å². The summed E-state index contributed by atoms with van der Waals surface area (Å²) >= 11 is 0. The standard InChI is InChI=1S/C23H41N3O4/c1-3-4-5-6-7-8-9-10-11-12-13-14-15-16-17-18-21(28)30-22-24-20(19-27)26(2)23(29)25-22/h27H,3-19H2,1-2H3. The summed E-state index contributed by atoms with van der Waals surface area (Å²) in [5, 5.41) is 9.16. The predicted octanol–water partition coefficient (Wildman–Crippen LogP) is 4.83. The third-order valence-electron chi connectivity index (χ3n) is 5.42. The Labute approximate surface area is 181 Å². The zero-order valence-electron chi connectivity index (χ0n) is 19.0. The molecule has 0 bridgehead atoms. The molecular weight excluding hydrogens is 382 g/mol. The quantitative estimate of drug-likeness (QED) is 0.268. The van der Waals surface area contributed by atoms with Crippen molar-refractivity contribution in [2.45, 2.75) is 116 Å². The second kappa shape index (κ2) is 17.0. The number of nitrogens with zero attached hydrogens (tertiary/aromatic N) is 3. The fraction of sp³-hybridized carbons (Fsp3) is 0.826. The van der Waals surface area contributed by atoms with Crippen molar-refractivity contribution in [2.24, 2.45) is 7.05 Å². The van der Waals surface area contributed by atoms with Gasteiger partial charge in [-0.1, -0.05) is 96.8 Å². The molecule has 0 aromatic carbocycles. The van der Waals surface area contributed by atoms with Gasteiger partial charge in [-0.2, -0.15) is 4.98 Å². The van der Waals surface area contributed by atoms with E-state index in [1.165, 1.54) is 84.1 Å². The van der Waals surface area contributed by atoms with E-state index in [2.05, 4.69) is 16.9 Å². The molecule has 7 nitrogen and oxygen atoms in total. The van der Waals surface area contributed by atoms with Crippen molar-refractivity contribution in [1.82, 2.24) is 14.5 Å². The molecule has 0 unspecified atom stereocenters. The van der Waals surface area contributed by atoms with E-state index in [1.807, 2.05) is 0 Å². The molecule has 7 heteroatoms. The Morgan fingerprint density at radius 2 is 1.30 bits per heavy atom. The SMILES string of the molecule is CCCCCCCCCCCCCCCCCC(=O)Oc1nc(CO)n(C)c(=O)n1. The molecule has 1 heterocycles. The second-order valence-electron chi connectivity index (χ2n) is 8.10. The maximum absolute atomic E-state index is 11.9. The van der Waals surface area contributed by atoms with E-state index in [4.69, 9.17) is 9.84 Å². The number of aliphatic hydroxyl groups excluding tert-OH is 1. The fourth-order valence-electron chi connectivity index (χ4n) is 3.46. The fourth-order valence-corrected chi connectivity index (χ4v) is 3.46. The maximum Gasteiger partial charge on any atom is 0.353 e. The highest BCUT2D eigenvalue weighted by Gasteiger charge is 2.11. The molecule has 30 heavy (non-hydrogen) atoms. The predicted molar refractivity (Wildman–Crippen MR) is 118 cm³/mol. The van der Waals surface area contributed by atoms with Gasteiger partial charge in [0.15, 0.2) is 0 Å². The average molecular weight is 424 g/mol. The van der Waals surface area contributed by atoms with Crippen LogP contribution in [0.25, 0.3) is 0 Å². The summed E-state index contributed by atoms with van der Waals surface area (Å²) in [5.74, 6) is -0.327. The highest BCUT2D eigenvalue weighted by Crippen LogP contribution is 2.14. The van der Waals surface area contributed by atoms with E-state index in [-0.39, 0.29) is 18.3 Å². The van der Waals surface area contributed by atoms with Crippen molar-refractivity contribution in [3.05, 3.63) is 16.3 Å². The van der Waals surface area contributed by atoms with Crippen LogP contribution in [0.2, 0.25) is 0 Å². The van der Waals surface area contributed by atoms with Gasteiger partial charge in [0, 0.05) is 13.5 Å². The number of esters is 1. The van der Waals surface area contributed by atoms with E-state index in [1.54, 1.807) is 0 Å². The monoisotopic (exact) mass is 423 g/mol. The first-order valence-electron chi connectivity index (χ1n) is 11.8. The largest absolute Gasteiger partial charge is 0.391 e. The van der Waals surface area contributed by atoms with Crippen LogP contribution in [-0.4, -0.2) is 25.6 Å². The van der Waals surface area contributed by atoms with Gasteiger partial charge in [0.25, 0.3) is 0 Å². The van der Waals surface area contributed by atoms with E-state index >= 15 is 0 Å². The van der Waals surface area contributed by atoms with E-state index < -0.39 is 18.3 Å². The number of aromatic nitrogens is 3. The summed E-state index contributed by atoms with van der Waals surface area (Å²) in [6, 6.07) is -0.284. The van der Waals surface area contributed by atoms with Gasteiger partial charge in [-0.3, -0.25) is 9.36 Å². The van der Waals surface area contributed by atoms with Crippen molar-refractivity contribution in [2.75, 3.05) is 0 Å². The van der Waals surface area contributed by atoms with Crippen LogP contribution in [-0.2, 0) is 18.4 Å². The van der Waals surface area contributed by atoms with Crippen LogP contribution < -0.4 is 10.4 Å². The maximum atomic E-state index is 11.9. The molecule has 0 atom stereocenters. The van der Waals surface area contributed by atoms with Crippen LogP contribution >= 0.6 is 0 Å². The first-order valence-corrected chi connectivity index (χ1v) is 11.8. The third-order valence-corrected chi connectivity index (χ3v) is 5.42. The molecule has 0 fully saturated rings. The van der Waals surface area contributed by atoms with Gasteiger partial charge in [-0.05, 0) is 6.42 Å². The Kier molecular flexibility index (Phi) is 14.9. The summed E-state index contributed by atoms with van der Waals surface area (Å²) in [4.78, 5) is 30.9. The van der Waals surface area contributed by atoms with Crippen LogP contribution in [0.3, 0.4) is 0 Å². The molecule has 0 spiro atoms. The summed E-state index contributed by atoms with van der Waals surface area (Å²) in [5.41, 5.74) is -0.608. The van der Waals surface area contributed by atoms with E-state index in [0.717, 1.165) is 23.8 Å². The first kappa shape index (κ1) is 26.3. The van der Waals surface area contributed by atoms with Gasteiger partial charge in [-0.15, -0.1) is 4.98 Å². The minimum absolute atomic E-state index is 0.116. The lowest BCUT2D eigenvalue weighted by molar-refractivity contribution is -0.135. The average Bonchev–Trinajstić information content (AvgIpc) is 2.73. The van der Waals surface area contributed by atoms with Gasteiger partial charge >= 0.3 is 17.7 Å². The van der Waals surface area contributed by atoms with E-state index in [9.17, 15) is 9.59 Å². The lowest BCUT2D eigenvalue weighted by atomic mass is 10.0. The zero-order chi connectivity index (χ0) is 22.0. The molecule has 0 saturated carbocycles. The topological polar surface area (TPSA) is 94.3 Å². The van der Waals surface area contributed by atoms with Gasteiger partial charge in [0.05, 0.1) is 0 Å². The molecule has 0 saturated heterocycles. The van der Waals surface area contributed by atoms with Crippen molar-refractivity contribution in [3.63, 3.8) is 0 Å². The second-order valence-corrected chi connectivity index (χ2v) is 8.10. The van der Waals surface area contributed by atoms with Crippen molar-refractivity contribution < 1.29 is 14.6 Å². The molecule has 0 aliphatic heterocycles. The molecule has 0 radical (unpaired) electrons. The van der Waals surface area contributed by atoms with E-state index in [0.29, 0.717) is 0 Å². The summed E-state index contributed by atoms with van der Waals surface area (Å²) in [7, 11) is 1.45. The van der Waals surface area contributed by atoms with Crippen LogP contribution in [0.4, 0.5) is 0 Å². The molecule has 1 aromatic heterocycles. The van der Waals surface area contributed by atoms with Crippen LogP contribution in [0.15, 0.2) is 4.79 Å². The number of hydrogen-bond donors (Lipinski definition) is 1. The normalized spacial score (nSPS) is 11.0. The number of rotatable bonds is 18. The minimum Gasteiger partial charge on any atom is -0.391 e. The van der Waals surface area contributed by atoms with Crippen LogP contribution in [0, 0.1) is 0 Å². The molecule has 1 rings (SSSR count). The zero-order valence-corrected chi connectivity index (χ0v) is 19.0. The lowest BCUT2D eigenvalue weighted by Gasteiger charge is -2.06. The Morgan fingerprint density at radius 3 is 1.77 bits per heavy atom. The van der Waals surface area contributed by atoms with Crippen LogP contribution in [0.5, 0.6) is 6.01 Å². The number of carbonyl (C=O) groups excluding carboxylic acids is 1. The number of carbonyl (C=O) groups is 1. The Balaban J connectivity index is 1.96. The Hall–Kier alpha value is -1.76. The highest BCUT2D eigenvalue weighted by molar-refractivity contribution is 5.71. The van der Waals surface area contributed by atoms with Gasteiger partial charge in [0.1, 0.15) is 12.4 Å². The molecule has 172 valence electrons. The minimum atomic E-state index is -0.608. The summed E-state index contributed by atoms with van der Waals surface area (Å²) < 4.78 is 6.14. The molecule has 0 aliphatic carbocycles. The molecule has 1 aromatic rings. The van der Waals surface area contributed by atoms with Gasteiger partial charge < -0.3 is 9.84 Å². The van der Waals surface area contributed by atoms with Gasteiger partial charge in [-0.25, -0.2) is 4.79 Å². The smallest absolute Gasteiger partial charge is 0.353 e. The Bertz CT molecular complexity index is 646. The number of hydrogen-bond acceptors (Lipinski definition) is 6. The van der Waals surface area contributed by atoms with Crippen molar-refractivity contribution in [1.29, 1.82) is 0 Å². The molecule has 0 aliphatic rings. The third kappa shape index (κ3) is 12.1. The number of ether oxygens (including phenoxy) is 1. The Morgan fingerprint density at radius 1 is 0.833 bits per heavy atom. The summed E-state index contributed by atoms with van der Waals surface area (Å²) in [6.07, 6.45) is 19.3. The number of unbranched alkanes of at least 4 members (excludes halogenated alkanes) is 14. The highest BCUT2D eigenvalue weighted by atomic mass is 16.5. The van der Waals surface area contributed by atoms with Crippen molar-refractivity contribution >= 4 is 5.97 Å². The first-order chi connectivity index (χ1) is 14.6. The molecular formula is C23H41N3O4. The molecule has 1 N–H and O–H groups in total. The lowest BCUT2D eigenvalue weighted by Crippen LogP contribution is -2.26. The number of aliphatic hydroxyl groups is 1. The van der Waals surface area contributed by atoms with Crippen molar-refractivity contribution in [3.8, 4) is 6.01 Å². The van der Waals surface area contributed by atoms with Crippen LogP contribution in [0.1, 0.15) is 115 Å². The molecule has 0 amide bonds.